The molecule has 9 heteroatoms. The maximum Gasteiger partial charge on any atom is 0.269 e. The number of carbonyl (C=O) groups is 1. The maximum atomic E-state index is 12.3. The van der Waals surface area contributed by atoms with Crippen molar-refractivity contribution < 1.29 is 14.5 Å². The van der Waals surface area contributed by atoms with Gasteiger partial charge in [-0.15, -0.1) is 12.6 Å². The van der Waals surface area contributed by atoms with E-state index in [1.807, 2.05) is 6.07 Å². The number of thiol groups is 1. The van der Waals surface area contributed by atoms with Crippen LogP contribution in [-0.4, -0.2) is 17.9 Å². The number of hydrogen-bond acceptors (Lipinski definition) is 7. The Hall–Kier alpha value is -3.51. The van der Waals surface area contributed by atoms with Crippen molar-refractivity contribution in [2.75, 3.05) is 12.0 Å². The van der Waals surface area contributed by atoms with E-state index in [0.717, 1.165) is 0 Å². The number of ether oxygens (including phenoxy) is 1. The number of rotatable bonds is 4. The van der Waals surface area contributed by atoms with Gasteiger partial charge in [-0.25, -0.2) is 0 Å². The van der Waals surface area contributed by atoms with Crippen LogP contribution >= 0.6 is 12.6 Å². The summed E-state index contributed by atoms with van der Waals surface area (Å²) in [5, 5.41) is 23.1. The molecule has 1 amide bonds. The Morgan fingerprint density at radius 1 is 1.26 bits per heavy atom. The summed E-state index contributed by atoms with van der Waals surface area (Å²) < 4.78 is 5.39. The smallest absolute Gasteiger partial charge is 0.269 e. The Balaban J connectivity index is 2.16. The molecule has 0 saturated heterocycles. The number of nitrogens with one attached hydrogen (secondary N) is 1. The van der Waals surface area contributed by atoms with E-state index in [0.29, 0.717) is 17.0 Å². The van der Waals surface area contributed by atoms with Crippen molar-refractivity contribution >= 4 is 29.9 Å². The molecule has 0 fully saturated rings. The predicted octanol–water partition coefficient (Wildman–Crippen LogP) is 2.90. The van der Waals surface area contributed by atoms with Crippen molar-refractivity contribution in [3.05, 3.63) is 74.8 Å². The highest BCUT2D eigenvalue weighted by Gasteiger charge is 2.35. The van der Waals surface area contributed by atoms with Crippen LogP contribution in [0.25, 0.3) is 0 Å². The number of hydrogen-bond donors (Lipinski definition) is 2. The number of para-hydroxylation sites is 2. The van der Waals surface area contributed by atoms with Gasteiger partial charge in [0.1, 0.15) is 23.6 Å². The van der Waals surface area contributed by atoms with E-state index in [4.69, 9.17) is 4.74 Å². The number of nitro groups is 1. The third-order valence-corrected chi connectivity index (χ3v) is 4.52. The molecule has 1 aliphatic rings. The normalized spacial score (nSPS) is 16.6. The van der Waals surface area contributed by atoms with Crippen molar-refractivity contribution in [3.63, 3.8) is 0 Å². The quantitative estimate of drug-likeness (QED) is 0.478. The molecule has 136 valence electrons. The van der Waals surface area contributed by atoms with E-state index in [2.05, 4.69) is 17.9 Å². The molecule has 1 unspecified atom stereocenters. The van der Waals surface area contributed by atoms with Crippen LogP contribution in [0.3, 0.4) is 0 Å². The zero-order valence-electron chi connectivity index (χ0n) is 14.1. The minimum Gasteiger partial charge on any atom is -0.495 e. The summed E-state index contributed by atoms with van der Waals surface area (Å²) in [6.45, 7) is 0. The highest BCUT2D eigenvalue weighted by molar-refractivity contribution is 7.84. The summed E-state index contributed by atoms with van der Waals surface area (Å²) in [6.07, 6.45) is -0.723. The van der Waals surface area contributed by atoms with Gasteiger partial charge in [0, 0.05) is 12.1 Å². The maximum absolute atomic E-state index is 12.3. The van der Waals surface area contributed by atoms with Gasteiger partial charge in [0.25, 0.3) is 11.6 Å². The van der Waals surface area contributed by atoms with Crippen LogP contribution in [0.15, 0.2) is 59.1 Å². The monoisotopic (exact) mass is 382 g/mol. The summed E-state index contributed by atoms with van der Waals surface area (Å²) in [7, 11) is 1.51. The largest absolute Gasteiger partial charge is 0.495 e. The van der Waals surface area contributed by atoms with E-state index in [1.54, 1.807) is 41.3 Å². The van der Waals surface area contributed by atoms with Crippen molar-refractivity contribution in [1.29, 1.82) is 5.26 Å². The SMILES string of the molecule is COc1ccccc1N1C(S)=C(C#N)C(=O)NC1c1ccc([N+](=O)[O-])cc1. The second-order valence-electron chi connectivity index (χ2n) is 5.58. The molecule has 1 aliphatic heterocycles. The van der Waals surface area contributed by atoms with Crippen LogP contribution in [0.2, 0.25) is 0 Å². The highest BCUT2D eigenvalue weighted by atomic mass is 32.1. The van der Waals surface area contributed by atoms with Gasteiger partial charge in [-0.2, -0.15) is 5.26 Å². The number of amides is 1. The number of anilines is 1. The number of methoxy groups -OCH3 is 1. The van der Waals surface area contributed by atoms with E-state index < -0.39 is 17.0 Å². The van der Waals surface area contributed by atoms with E-state index in [1.165, 1.54) is 19.2 Å². The van der Waals surface area contributed by atoms with Gasteiger partial charge in [-0.05, 0) is 29.8 Å². The number of nitriles is 1. The summed E-state index contributed by atoms with van der Waals surface area (Å²) >= 11 is 4.41. The Morgan fingerprint density at radius 3 is 2.52 bits per heavy atom. The molecule has 0 aromatic heterocycles. The van der Waals surface area contributed by atoms with Crippen LogP contribution in [0.1, 0.15) is 11.7 Å². The van der Waals surface area contributed by atoms with E-state index in [9.17, 15) is 20.2 Å². The first-order valence-electron chi connectivity index (χ1n) is 7.78. The number of nitrogens with zero attached hydrogens (tertiary/aromatic N) is 3. The van der Waals surface area contributed by atoms with Gasteiger partial charge in [0.15, 0.2) is 0 Å². The first-order valence-corrected chi connectivity index (χ1v) is 8.23. The zero-order valence-corrected chi connectivity index (χ0v) is 15.0. The van der Waals surface area contributed by atoms with Crippen molar-refractivity contribution in [1.82, 2.24) is 5.32 Å². The van der Waals surface area contributed by atoms with Gasteiger partial charge >= 0.3 is 0 Å². The molecule has 0 bridgehead atoms. The molecular weight excluding hydrogens is 368 g/mol. The zero-order chi connectivity index (χ0) is 19.6. The molecule has 0 saturated carbocycles. The third kappa shape index (κ3) is 3.30. The molecule has 1 heterocycles. The fourth-order valence-electron chi connectivity index (χ4n) is 2.80. The van der Waals surface area contributed by atoms with Gasteiger partial charge in [0.2, 0.25) is 0 Å². The fraction of sp³-hybridized carbons (Fsp3) is 0.111. The molecule has 3 rings (SSSR count). The Labute approximate surface area is 160 Å². The number of nitro benzene ring substituents is 1. The molecule has 0 aliphatic carbocycles. The lowest BCUT2D eigenvalue weighted by molar-refractivity contribution is -0.384. The van der Waals surface area contributed by atoms with Crippen LogP contribution in [0.4, 0.5) is 11.4 Å². The van der Waals surface area contributed by atoms with E-state index >= 15 is 0 Å². The first kappa shape index (κ1) is 18.3. The number of non-ortho nitro benzene ring substituents is 1. The Bertz CT molecular complexity index is 982. The molecule has 0 spiro atoms. The molecule has 2 aromatic rings. The number of carbonyl (C=O) groups excluding carboxylic acids is 1. The molecule has 2 aromatic carbocycles. The molecule has 8 nitrogen and oxygen atoms in total. The number of benzene rings is 2. The summed E-state index contributed by atoms with van der Waals surface area (Å²) in [5.74, 6) is -0.0543. The summed E-state index contributed by atoms with van der Waals surface area (Å²) in [4.78, 5) is 24.4. The Kier molecular flexibility index (Phi) is 5.00. The van der Waals surface area contributed by atoms with Gasteiger partial charge in [0.05, 0.1) is 22.7 Å². The van der Waals surface area contributed by atoms with Crippen molar-refractivity contribution in [2.45, 2.75) is 6.17 Å². The van der Waals surface area contributed by atoms with E-state index in [-0.39, 0.29) is 16.3 Å². The average Bonchev–Trinajstić information content (AvgIpc) is 2.68. The minimum atomic E-state index is -0.723. The van der Waals surface area contributed by atoms with Crippen LogP contribution in [-0.2, 0) is 4.79 Å². The lowest BCUT2D eigenvalue weighted by Gasteiger charge is -2.38. The second kappa shape index (κ2) is 7.39. The molecule has 27 heavy (non-hydrogen) atoms. The first-order chi connectivity index (χ1) is 13.0. The van der Waals surface area contributed by atoms with Crippen molar-refractivity contribution in [3.8, 4) is 11.8 Å². The average molecular weight is 382 g/mol. The summed E-state index contributed by atoms with van der Waals surface area (Å²) in [5.41, 5.74) is 0.969. The van der Waals surface area contributed by atoms with Crippen LogP contribution < -0.4 is 15.0 Å². The molecule has 1 N–H and O–H groups in total. The third-order valence-electron chi connectivity index (χ3n) is 4.08. The second-order valence-corrected chi connectivity index (χ2v) is 6.00. The van der Waals surface area contributed by atoms with Crippen LogP contribution in [0, 0.1) is 21.4 Å². The summed E-state index contributed by atoms with van der Waals surface area (Å²) in [6, 6.07) is 14.7. The van der Waals surface area contributed by atoms with Gasteiger partial charge < -0.3 is 15.0 Å². The lowest BCUT2D eigenvalue weighted by Crippen LogP contribution is -2.46. The lowest BCUT2D eigenvalue weighted by atomic mass is 10.1. The molecule has 1 atom stereocenters. The van der Waals surface area contributed by atoms with Crippen molar-refractivity contribution in [2.24, 2.45) is 0 Å². The highest BCUT2D eigenvalue weighted by Crippen LogP contribution is 2.40. The topological polar surface area (TPSA) is 108 Å². The van der Waals surface area contributed by atoms with Gasteiger partial charge in [-0.3, -0.25) is 14.9 Å². The Morgan fingerprint density at radius 2 is 1.93 bits per heavy atom. The standard InChI is InChI=1S/C18H14N4O4S/c1-26-15-5-3-2-4-14(15)21-16(20-17(23)13(10-19)18(21)27)11-6-8-12(9-7-11)22(24)25/h2-9,16,27H,1H3,(H,20,23). The van der Waals surface area contributed by atoms with Gasteiger partial charge in [-0.1, -0.05) is 12.1 Å². The molecule has 0 radical (unpaired) electrons. The minimum absolute atomic E-state index is 0.0657. The fourth-order valence-corrected chi connectivity index (χ4v) is 3.17. The molecular formula is C18H14N4O4S. The van der Waals surface area contributed by atoms with Crippen LogP contribution in [0.5, 0.6) is 5.75 Å². The predicted molar refractivity (Wildman–Crippen MR) is 101 cm³/mol.